The maximum Gasteiger partial charge on any atom is 0.240 e. The maximum absolute atomic E-state index is 13.8. The summed E-state index contributed by atoms with van der Waals surface area (Å²) in [5, 5.41) is 2.88. The molecular formula is C16H20F2N2O2. The number of amides is 2. The van der Waals surface area contributed by atoms with E-state index in [2.05, 4.69) is 5.32 Å². The van der Waals surface area contributed by atoms with Gasteiger partial charge in [0.05, 0.1) is 5.69 Å². The first-order valence-electron chi connectivity index (χ1n) is 7.50. The third-order valence-corrected chi connectivity index (χ3v) is 3.85. The quantitative estimate of drug-likeness (QED) is 0.929. The van der Waals surface area contributed by atoms with Gasteiger partial charge in [0.25, 0.3) is 0 Å². The van der Waals surface area contributed by atoms with Crippen LogP contribution in [0.3, 0.4) is 0 Å². The van der Waals surface area contributed by atoms with Gasteiger partial charge in [0.15, 0.2) is 0 Å². The van der Waals surface area contributed by atoms with Crippen molar-refractivity contribution in [3.05, 3.63) is 29.8 Å². The van der Waals surface area contributed by atoms with E-state index in [0.717, 1.165) is 36.6 Å². The smallest absolute Gasteiger partial charge is 0.240 e. The van der Waals surface area contributed by atoms with Gasteiger partial charge in [0.1, 0.15) is 18.2 Å². The minimum absolute atomic E-state index is 0.0901. The second-order valence-corrected chi connectivity index (χ2v) is 5.60. The number of rotatable bonds is 4. The molecule has 1 aliphatic rings. The van der Waals surface area contributed by atoms with Crippen LogP contribution >= 0.6 is 0 Å². The molecule has 0 radical (unpaired) electrons. The lowest BCUT2D eigenvalue weighted by Gasteiger charge is -2.25. The summed E-state index contributed by atoms with van der Waals surface area (Å²) in [6.45, 7) is 0.977. The summed E-state index contributed by atoms with van der Waals surface area (Å²) in [7, 11) is 0. The largest absolute Gasteiger partial charge is 0.352 e. The van der Waals surface area contributed by atoms with Gasteiger partial charge in [0.2, 0.25) is 11.8 Å². The molecule has 1 N–H and O–H groups in total. The molecular weight excluding hydrogens is 290 g/mol. The number of anilines is 1. The van der Waals surface area contributed by atoms with Gasteiger partial charge < -0.3 is 10.2 Å². The van der Waals surface area contributed by atoms with Crippen molar-refractivity contribution < 1.29 is 18.4 Å². The Morgan fingerprint density at radius 1 is 1.23 bits per heavy atom. The summed E-state index contributed by atoms with van der Waals surface area (Å²) in [5.41, 5.74) is -0.0901. The highest BCUT2D eigenvalue weighted by molar-refractivity contribution is 5.97. The lowest BCUT2D eigenvalue weighted by Crippen LogP contribution is -2.44. The first-order chi connectivity index (χ1) is 10.5. The molecule has 120 valence electrons. The first-order valence-corrected chi connectivity index (χ1v) is 7.50. The molecule has 0 bridgehead atoms. The minimum Gasteiger partial charge on any atom is -0.352 e. The predicted molar refractivity (Wildman–Crippen MR) is 79.4 cm³/mol. The van der Waals surface area contributed by atoms with Crippen LogP contribution in [0.1, 0.15) is 39.0 Å². The van der Waals surface area contributed by atoms with E-state index >= 15 is 0 Å². The van der Waals surface area contributed by atoms with Crippen molar-refractivity contribution in [3.8, 4) is 0 Å². The number of nitrogens with zero attached hydrogens (tertiary/aromatic N) is 1. The van der Waals surface area contributed by atoms with Crippen molar-refractivity contribution in [2.75, 3.05) is 11.4 Å². The number of hydrogen-bond acceptors (Lipinski definition) is 2. The highest BCUT2D eigenvalue weighted by Gasteiger charge is 2.22. The molecule has 1 aromatic rings. The Labute approximate surface area is 128 Å². The van der Waals surface area contributed by atoms with E-state index in [1.807, 2.05) is 0 Å². The Balaban J connectivity index is 2.05. The van der Waals surface area contributed by atoms with Gasteiger partial charge in [-0.2, -0.15) is 0 Å². The molecule has 1 aromatic carbocycles. The zero-order valence-electron chi connectivity index (χ0n) is 12.6. The van der Waals surface area contributed by atoms with Crippen LogP contribution in [0.15, 0.2) is 18.2 Å². The van der Waals surface area contributed by atoms with Crippen molar-refractivity contribution in [2.24, 2.45) is 0 Å². The summed E-state index contributed by atoms with van der Waals surface area (Å²) in [6.07, 6.45) is 5.18. The van der Waals surface area contributed by atoms with Gasteiger partial charge in [-0.05, 0) is 25.0 Å². The molecule has 0 unspecified atom stereocenters. The average molecular weight is 310 g/mol. The molecule has 1 saturated carbocycles. The van der Waals surface area contributed by atoms with Gasteiger partial charge in [-0.3, -0.25) is 9.59 Å². The summed E-state index contributed by atoms with van der Waals surface area (Å²) in [6, 6.07) is 3.05. The fourth-order valence-electron chi connectivity index (χ4n) is 2.73. The normalized spacial score (nSPS) is 15.4. The van der Waals surface area contributed by atoms with E-state index in [4.69, 9.17) is 0 Å². The molecule has 0 saturated heterocycles. The standard InChI is InChI=1S/C16H20F2N2O2/c1-11(21)20(15-8-7-12(17)9-14(15)18)10-16(22)19-13-5-3-2-4-6-13/h7-9,13H,2-6,10H2,1H3,(H,19,22). The molecule has 2 amide bonds. The molecule has 0 atom stereocenters. The van der Waals surface area contributed by atoms with E-state index in [9.17, 15) is 18.4 Å². The Morgan fingerprint density at radius 2 is 1.91 bits per heavy atom. The second kappa shape index (κ2) is 7.33. The van der Waals surface area contributed by atoms with E-state index in [0.29, 0.717) is 6.07 Å². The highest BCUT2D eigenvalue weighted by atomic mass is 19.1. The minimum atomic E-state index is -0.860. The second-order valence-electron chi connectivity index (χ2n) is 5.60. The Bertz CT molecular complexity index is 557. The van der Waals surface area contributed by atoms with Crippen LogP contribution in [0.4, 0.5) is 14.5 Å². The van der Waals surface area contributed by atoms with E-state index in [-0.39, 0.29) is 24.2 Å². The molecule has 0 spiro atoms. The SMILES string of the molecule is CC(=O)N(CC(=O)NC1CCCCC1)c1ccc(F)cc1F. The van der Waals surface area contributed by atoms with E-state index in [1.165, 1.54) is 19.4 Å². The Kier molecular flexibility index (Phi) is 5.46. The number of hydrogen-bond donors (Lipinski definition) is 1. The molecule has 2 rings (SSSR count). The number of halogens is 2. The Hall–Kier alpha value is -1.98. The summed E-state index contributed by atoms with van der Waals surface area (Å²) in [5.74, 6) is -2.38. The molecule has 22 heavy (non-hydrogen) atoms. The van der Waals surface area contributed by atoms with E-state index < -0.39 is 17.5 Å². The first kappa shape index (κ1) is 16.4. The van der Waals surface area contributed by atoms with Crippen LogP contribution < -0.4 is 10.2 Å². The number of nitrogens with one attached hydrogen (secondary N) is 1. The lowest BCUT2D eigenvalue weighted by molar-refractivity contribution is -0.123. The highest BCUT2D eigenvalue weighted by Crippen LogP contribution is 2.21. The van der Waals surface area contributed by atoms with Gasteiger partial charge >= 0.3 is 0 Å². The molecule has 0 heterocycles. The number of carbonyl (C=O) groups excluding carboxylic acids is 2. The molecule has 1 fully saturated rings. The number of benzene rings is 1. The third-order valence-electron chi connectivity index (χ3n) is 3.85. The zero-order valence-corrected chi connectivity index (χ0v) is 12.6. The maximum atomic E-state index is 13.8. The van der Waals surface area contributed by atoms with Gasteiger partial charge in [-0.15, -0.1) is 0 Å². The average Bonchev–Trinajstić information content (AvgIpc) is 2.46. The fourth-order valence-corrected chi connectivity index (χ4v) is 2.73. The lowest BCUT2D eigenvalue weighted by atomic mass is 9.95. The monoisotopic (exact) mass is 310 g/mol. The molecule has 0 aliphatic heterocycles. The van der Waals surface area contributed by atoms with Gasteiger partial charge in [-0.1, -0.05) is 19.3 Å². The van der Waals surface area contributed by atoms with Crippen molar-refractivity contribution >= 4 is 17.5 Å². The zero-order chi connectivity index (χ0) is 16.1. The molecule has 1 aliphatic carbocycles. The Morgan fingerprint density at radius 3 is 2.50 bits per heavy atom. The molecule has 0 aromatic heterocycles. The van der Waals surface area contributed by atoms with Gasteiger partial charge in [-0.25, -0.2) is 8.78 Å². The van der Waals surface area contributed by atoms with Crippen LogP contribution in [-0.4, -0.2) is 24.4 Å². The summed E-state index contributed by atoms with van der Waals surface area (Å²) < 4.78 is 26.8. The van der Waals surface area contributed by atoms with Crippen LogP contribution in [0, 0.1) is 11.6 Å². The van der Waals surface area contributed by atoms with Crippen molar-refractivity contribution in [2.45, 2.75) is 45.1 Å². The predicted octanol–water partition coefficient (Wildman–Crippen LogP) is 2.77. The molecule has 6 heteroatoms. The van der Waals surface area contributed by atoms with Crippen molar-refractivity contribution in [3.63, 3.8) is 0 Å². The summed E-state index contributed by atoms with van der Waals surface area (Å²) >= 11 is 0. The third kappa shape index (κ3) is 4.26. The van der Waals surface area contributed by atoms with Crippen molar-refractivity contribution in [1.29, 1.82) is 0 Å². The van der Waals surface area contributed by atoms with E-state index in [1.54, 1.807) is 0 Å². The topological polar surface area (TPSA) is 49.4 Å². The van der Waals surface area contributed by atoms with Crippen LogP contribution in [-0.2, 0) is 9.59 Å². The van der Waals surface area contributed by atoms with Gasteiger partial charge in [0, 0.05) is 19.0 Å². The van der Waals surface area contributed by atoms with Crippen LogP contribution in [0.25, 0.3) is 0 Å². The van der Waals surface area contributed by atoms with Crippen molar-refractivity contribution in [1.82, 2.24) is 5.32 Å². The van der Waals surface area contributed by atoms with Crippen LogP contribution in [0.5, 0.6) is 0 Å². The van der Waals surface area contributed by atoms with Crippen LogP contribution in [0.2, 0.25) is 0 Å². The molecule has 4 nitrogen and oxygen atoms in total. The number of carbonyl (C=O) groups is 2. The summed E-state index contributed by atoms with van der Waals surface area (Å²) in [4.78, 5) is 24.8. The fraction of sp³-hybridized carbons (Fsp3) is 0.500.